The van der Waals surface area contributed by atoms with Crippen molar-refractivity contribution in [1.29, 1.82) is 0 Å². The van der Waals surface area contributed by atoms with E-state index in [9.17, 15) is 4.79 Å². The number of amides is 1. The monoisotopic (exact) mass is 330 g/mol. The van der Waals surface area contributed by atoms with Gasteiger partial charge in [0.1, 0.15) is 0 Å². The van der Waals surface area contributed by atoms with E-state index in [1.165, 1.54) is 0 Å². The van der Waals surface area contributed by atoms with Crippen LogP contribution in [0.25, 0.3) is 0 Å². The average molecular weight is 331 g/mol. The van der Waals surface area contributed by atoms with Gasteiger partial charge in [-0.1, -0.05) is 20.3 Å². The molecule has 1 aromatic carbocycles. The molecule has 22 heavy (non-hydrogen) atoms. The van der Waals surface area contributed by atoms with Gasteiger partial charge in [-0.15, -0.1) is 12.4 Å². The maximum atomic E-state index is 12.0. The van der Waals surface area contributed by atoms with Crippen LogP contribution in [-0.2, 0) is 0 Å². The smallest absolute Gasteiger partial charge is 0.251 e. The summed E-state index contributed by atoms with van der Waals surface area (Å²) in [5, 5.41) is 6.02. The summed E-state index contributed by atoms with van der Waals surface area (Å²) >= 11 is 0. The van der Waals surface area contributed by atoms with Crippen molar-refractivity contribution in [3.8, 4) is 11.5 Å². The van der Waals surface area contributed by atoms with Crippen LogP contribution in [0.15, 0.2) is 18.2 Å². The molecular formula is C16H27ClN2O3. The van der Waals surface area contributed by atoms with E-state index >= 15 is 0 Å². The van der Waals surface area contributed by atoms with Gasteiger partial charge < -0.3 is 20.1 Å². The molecule has 1 amide bonds. The number of rotatable bonds is 10. The number of halogens is 1. The van der Waals surface area contributed by atoms with Crippen LogP contribution in [0.4, 0.5) is 0 Å². The highest BCUT2D eigenvalue weighted by Crippen LogP contribution is 2.28. The molecule has 0 aliphatic heterocycles. The molecule has 0 aliphatic carbocycles. The van der Waals surface area contributed by atoms with Crippen molar-refractivity contribution in [1.82, 2.24) is 10.6 Å². The molecule has 2 N–H and O–H groups in total. The molecule has 0 heterocycles. The molecule has 1 rings (SSSR count). The van der Waals surface area contributed by atoms with Crippen LogP contribution in [0, 0.1) is 0 Å². The molecule has 0 radical (unpaired) electrons. The first kappa shape index (κ1) is 20.5. The van der Waals surface area contributed by atoms with E-state index in [0.29, 0.717) is 30.2 Å². The lowest BCUT2D eigenvalue weighted by Crippen LogP contribution is -2.31. The number of hydrogen-bond donors (Lipinski definition) is 2. The average Bonchev–Trinajstić information content (AvgIpc) is 2.51. The number of benzene rings is 1. The molecule has 0 aromatic heterocycles. The normalized spacial score (nSPS) is 9.77. The number of carbonyl (C=O) groups excluding carboxylic acids is 1. The summed E-state index contributed by atoms with van der Waals surface area (Å²) in [4.78, 5) is 12.0. The minimum atomic E-state index is -0.105. The standard InChI is InChI=1S/C16H26N2O3.ClH/c1-4-6-11-21-14-8-7-13(12-15(14)20-3)16(19)18-10-9-17-5-2;/h7-8,12,17H,4-6,9-11H2,1-3H3,(H,18,19);1H. The van der Waals surface area contributed by atoms with Crippen molar-refractivity contribution in [2.45, 2.75) is 26.7 Å². The Kier molecular flexibility index (Phi) is 11.3. The van der Waals surface area contributed by atoms with Gasteiger partial charge in [-0.25, -0.2) is 0 Å². The number of methoxy groups -OCH3 is 1. The van der Waals surface area contributed by atoms with Crippen molar-refractivity contribution in [2.24, 2.45) is 0 Å². The topological polar surface area (TPSA) is 59.6 Å². The molecule has 0 aliphatic rings. The fourth-order valence-corrected chi connectivity index (χ4v) is 1.80. The molecule has 0 fully saturated rings. The number of likely N-dealkylation sites (N-methyl/N-ethyl adjacent to an activating group) is 1. The lowest BCUT2D eigenvalue weighted by atomic mass is 10.2. The van der Waals surface area contributed by atoms with Crippen molar-refractivity contribution in [3.63, 3.8) is 0 Å². The highest BCUT2D eigenvalue weighted by atomic mass is 35.5. The maximum Gasteiger partial charge on any atom is 0.251 e. The summed E-state index contributed by atoms with van der Waals surface area (Å²) in [6.45, 7) is 7.06. The third kappa shape index (κ3) is 7.00. The van der Waals surface area contributed by atoms with Crippen LogP contribution in [-0.4, -0.2) is 39.3 Å². The maximum absolute atomic E-state index is 12.0. The molecule has 0 bridgehead atoms. The number of ether oxygens (including phenoxy) is 2. The Balaban J connectivity index is 0.00000441. The molecule has 1 aromatic rings. The van der Waals surface area contributed by atoms with Gasteiger partial charge in [0.25, 0.3) is 5.91 Å². The largest absolute Gasteiger partial charge is 0.493 e. The van der Waals surface area contributed by atoms with Gasteiger partial charge in [0.2, 0.25) is 0 Å². The fourth-order valence-electron chi connectivity index (χ4n) is 1.80. The molecule has 0 unspecified atom stereocenters. The first-order valence-electron chi connectivity index (χ1n) is 7.52. The van der Waals surface area contributed by atoms with Crippen molar-refractivity contribution >= 4 is 18.3 Å². The first-order chi connectivity index (χ1) is 10.2. The van der Waals surface area contributed by atoms with Gasteiger partial charge in [0.15, 0.2) is 11.5 Å². The minimum Gasteiger partial charge on any atom is -0.493 e. The van der Waals surface area contributed by atoms with E-state index in [1.54, 1.807) is 25.3 Å². The molecule has 6 heteroatoms. The zero-order valence-corrected chi connectivity index (χ0v) is 14.4. The second-order valence-corrected chi connectivity index (χ2v) is 4.68. The molecule has 5 nitrogen and oxygen atoms in total. The van der Waals surface area contributed by atoms with E-state index in [0.717, 1.165) is 25.9 Å². The Labute approximate surface area is 139 Å². The Hall–Kier alpha value is -1.46. The van der Waals surface area contributed by atoms with Gasteiger partial charge in [-0.3, -0.25) is 4.79 Å². The zero-order valence-electron chi connectivity index (χ0n) is 13.6. The summed E-state index contributed by atoms with van der Waals surface area (Å²) in [5.41, 5.74) is 0.575. The fraction of sp³-hybridized carbons (Fsp3) is 0.562. The van der Waals surface area contributed by atoms with Gasteiger partial charge in [0.05, 0.1) is 13.7 Å². The van der Waals surface area contributed by atoms with Gasteiger partial charge in [-0.05, 0) is 31.2 Å². The van der Waals surface area contributed by atoms with Gasteiger partial charge in [-0.2, -0.15) is 0 Å². The molecule has 0 atom stereocenters. The molecule has 126 valence electrons. The molecule has 0 saturated carbocycles. The van der Waals surface area contributed by atoms with Crippen LogP contribution in [0.1, 0.15) is 37.0 Å². The number of hydrogen-bond acceptors (Lipinski definition) is 4. The van der Waals surface area contributed by atoms with E-state index in [4.69, 9.17) is 9.47 Å². The Morgan fingerprint density at radius 3 is 2.59 bits per heavy atom. The van der Waals surface area contributed by atoms with E-state index in [2.05, 4.69) is 17.6 Å². The molecule has 0 saturated heterocycles. The SMILES string of the molecule is CCCCOc1ccc(C(=O)NCCNCC)cc1OC.Cl. The molecule has 0 spiro atoms. The summed E-state index contributed by atoms with van der Waals surface area (Å²) in [6, 6.07) is 5.25. The lowest BCUT2D eigenvalue weighted by Gasteiger charge is -2.12. The summed E-state index contributed by atoms with van der Waals surface area (Å²) in [6.07, 6.45) is 2.07. The highest BCUT2D eigenvalue weighted by molar-refractivity contribution is 5.94. The highest BCUT2D eigenvalue weighted by Gasteiger charge is 2.10. The number of nitrogens with one attached hydrogen (secondary N) is 2. The molecular weight excluding hydrogens is 304 g/mol. The van der Waals surface area contributed by atoms with Crippen LogP contribution >= 0.6 is 12.4 Å². The van der Waals surface area contributed by atoms with Gasteiger partial charge in [0, 0.05) is 18.7 Å². The Morgan fingerprint density at radius 1 is 1.18 bits per heavy atom. The van der Waals surface area contributed by atoms with Crippen LogP contribution in [0.5, 0.6) is 11.5 Å². The third-order valence-electron chi connectivity index (χ3n) is 3.02. The summed E-state index contributed by atoms with van der Waals surface area (Å²) < 4.78 is 10.9. The Morgan fingerprint density at radius 2 is 1.95 bits per heavy atom. The summed E-state index contributed by atoms with van der Waals surface area (Å²) in [5.74, 6) is 1.16. The first-order valence-corrected chi connectivity index (χ1v) is 7.52. The van der Waals surface area contributed by atoms with Gasteiger partial charge >= 0.3 is 0 Å². The van der Waals surface area contributed by atoms with E-state index in [-0.39, 0.29) is 18.3 Å². The number of carbonyl (C=O) groups is 1. The zero-order chi connectivity index (χ0) is 15.5. The lowest BCUT2D eigenvalue weighted by molar-refractivity contribution is 0.0953. The number of unbranched alkanes of at least 4 members (excludes halogenated alkanes) is 1. The second kappa shape index (κ2) is 12.1. The van der Waals surface area contributed by atoms with E-state index < -0.39 is 0 Å². The second-order valence-electron chi connectivity index (χ2n) is 4.68. The predicted octanol–water partition coefficient (Wildman–Crippen LogP) is 2.64. The van der Waals surface area contributed by atoms with E-state index in [1.807, 2.05) is 6.92 Å². The Bertz CT molecular complexity index is 441. The minimum absolute atomic E-state index is 0. The quantitative estimate of drug-likeness (QED) is 0.647. The van der Waals surface area contributed by atoms with Crippen LogP contribution < -0.4 is 20.1 Å². The third-order valence-corrected chi connectivity index (χ3v) is 3.02. The summed E-state index contributed by atoms with van der Waals surface area (Å²) in [7, 11) is 1.58. The van der Waals surface area contributed by atoms with Crippen molar-refractivity contribution < 1.29 is 14.3 Å². The van der Waals surface area contributed by atoms with Crippen LogP contribution in [0.3, 0.4) is 0 Å². The van der Waals surface area contributed by atoms with Crippen molar-refractivity contribution in [3.05, 3.63) is 23.8 Å². The predicted molar refractivity (Wildman–Crippen MR) is 91.5 cm³/mol. The van der Waals surface area contributed by atoms with Crippen molar-refractivity contribution in [2.75, 3.05) is 33.4 Å². The van der Waals surface area contributed by atoms with Crippen LogP contribution in [0.2, 0.25) is 0 Å².